The second-order valence-electron chi connectivity index (χ2n) is 4.17. The van der Waals surface area contributed by atoms with Crippen molar-refractivity contribution in [3.63, 3.8) is 0 Å². The summed E-state index contributed by atoms with van der Waals surface area (Å²) in [4.78, 5) is 30.4. The Morgan fingerprint density at radius 3 is 2.77 bits per heavy atom. The molecule has 8 heteroatoms. The Kier molecular flexibility index (Phi) is 4.62. The molecule has 114 valence electrons. The van der Waals surface area contributed by atoms with Crippen LogP contribution in [0.5, 0.6) is 5.88 Å². The summed E-state index contributed by atoms with van der Waals surface area (Å²) < 4.78 is 18.1. The molecule has 0 bridgehead atoms. The molecule has 0 saturated carbocycles. The summed E-state index contributed by atoms with van der Waals surface area (Å²) in [7, 11) is 1.17. The third-order valence-electron chi connectivity index (χ3n) is 2.74. The predicted octanol–water partition coefficient (Wildman–Crippen LogP) is 0.891. The van der Waals surface area contributed by atoms with Crippen molar-refractivity contribution in [2.45, 2.75) is 0 Å². The van der Waals surface area contributed by atoms with Gasteiger partial charge in [0, 0.05) is 5.56 Å². The Morgan fingerprint density at radius 1 is 1.36 bits per heavy atom. The van der Waals surface area contributed by atoms with E-state index in [1.54, 1.807) is 6.07 Å². The molecule has 0 aliphatic rings. The number of carbonyl (C=O) groups is 2. The molecule has 0 aliphatic heterocycles. The van der Waals surface area contributed by atoms with Crippen LogP contribution in [0.15, 0.2) is 30.5 Å². The second kappa shape index (κ2) is 6.61. The maximum atomic E-state index is 13.7. The monoisotopic (exact) mass is 305 g/mol. The number of nitrogens with one attached hydrogen (secondary N) is 1. The number of halogens is 1. The number of amides is 1. The van der Waals surface area contributed by atoms with Gasteiger partial charge in [0.1, 0.15) is 12.4 Å². The van der Waals surface area contributed by atoms with E-state index in [0.29, 0.717) is 0 Å². The van der Waals surface area contributed by atoms with Gasteiger partial charge in [-0.2, -0.15) is 0 Å². The van der Waals surface area contributed by atoms with E-state index in [-0.39, 0.29) is 17.8 Å². The van der Waals surface area contributed by atoms with Crippen molar-refractivity contribution in [2.75, 3.05) is 13.7 Å². The Morgan fingerprint density at radius 2 is 2.09 bits per heavy atom. The summed E-state index contributed by atoms with van der Waals surface area (Å²) in [5.74, 6) is -2.65. The van der Waals surface area contributed by atoms with Gasteiger partial charge in [0.2, 0.25) is 5.88 Å². The van der Waals surface area contributed by atoms with Gasteiger partial charge in [-0.15, -0.1) is 0 Å². The van der Waals surface area contributed by atoms with Crippen LogP contribution in [0.1, 0.15) is 10.5 Å². The molecule has 0 unspecified atom stereocenters. The summed E-state index contributed by atoms with van der Waals surface area (Å²) in [6.07, 6.45) is 1.14. The summed E-state index contributed by atoms with van der Waals surface area (Å²) in [5, 5.41) is 11.8. The number of ether oxygens (including phenoxy) is 1. The Labute approximate surface area is 124 Å². The summed E-state index contributed by atoms with van der Waals surface area (Å²) in [6, 6.07) is 5.81. The first-order chi connectivity index (χ1) is 10.5. The third-order valence-corrected chi connectivity index (χ3v) is 2.74. The van der Waals surface area contributed by atoms with E-state index in [2.05, 4.69) is 20.0 Å². The zero-order valence-corrected chi connectivity index (χ0v) is 11.5. The zero-order chi connectivity index (χ0) is 16.1. The highest BCUT2D eigenvalue weighted by molar-refractivity contribution is 5.96. The van der Waals surface area contributed by atoms with Gasteiger partial charge < -0.3 is 15.2 Å². The van der Waals surface area contributed by atoms with E-state index >= 15 is 0 Å². The summed E-state index contributed by atoms with van der Waals surface area (Å²) in [6.45, 7) is -0.389. The zero-order valence-electron chi connectivity index (χ0n) is 11.5. The first kappa shape index (κ1) is 15.4. The molecule has 0 fully saturated rings. The van der Waals surface area contributed by atoms with Crippen molar-refractivity contribution >= 4 is 11.9 Å². The smallest absolute Gasteiger partial charge is 0.325 e. The Balaban J connectivity index is 2.29. The molecule has 0 spiro atoms. The first-order valence-electron chi connectivity index (χ1n) is 6.19. The number of methoxy groups -OCH3 is 1. The number of carbonyl (C=O) groups excluding carboxylic acids is 2. The lowest BCUT2D eigenvalue weighted by Gasteiger charge is -2.07. The molecule has 0 atom stereocenters. The molecule has 2 N–H and O–H groups in total. The van der Waals surface area contributed by atoms with Crippen molar-refractivity contribution in [3.8, 4) is 17.1 Å². The number of rotatable bonds is 4. The van der Waals surface area contributed by atoms with Crippen LogP contribution in [0.2, 0.25) is 0 Å². The average molecular weight is 305 g/mol. The third kappa shape index (κ3) is 3.35. The fourth-order valence-corrected chi connectivity index (χ4v) is 1.64. The van der Waals surface area contributed by atoms with Gasteiger partial charge in [0.15, 0.2) is 5.69 Å². The van der Waals surface area contributed by atoms with Crippen molar-refractivity contribution in [2.24, 2.45) is 0 Å². The highest BCUT2D eigenvalue weighted by Crippen LogP contribution is 2.22. The summed E-state index contributed by atoms with van der Waals surface area (Å²) >= 11 is 0. The molecular weight excluding hydrogens is 293 g/mol. The largest absolute Gasteiger partial charge is 0.492 e. The van der Waals surface area contributed by atoms with Gasteiger partial charge in [-0.1, -0.05) is 12.1 Å². The van der Waals surface area contributed by atoms with Crippen LogP contribution in [-0.2, 0) is 9.53 Å². The number of benzene rings is 1. The number of hydrogen-bond acceptors (Lipinski definition) is 6. The molecule has 0 saturated heterocycles. The molecule has 2 aromatic rings. The van der Waals surface area contributed by atoms with Crippen LogP contribution in [0, 0.1) is 5.82 Å². The highest BCUT2D eigenvalue weighted by atomic mass is 19.1. The molecule has 1 aromatic carbocycles. The van der Waals surface area contributed by atoms with E-state index in [1.807, 2.05) is 0 Å². The number of nitrogens with zero attached hydrogens (tertiary/aromatic N) is 2. The fraction of sp³-hybridized carbons (Fsp3) is 0.143. The lowest BCUT2D eigenvalue weighted by atomic mass is 10.1. The Bertz CT molecular complexity index is 721. The SMILES string of the molecule is COC(=O)CNC(=O)c1nc(-c2ccccc2F)cnc1O. The minimum absolute atomic E-state index is 0.0825. The van der Waals surface area contributed by atoms with Gasteiger partial charge >= 0.3 is 5.97 Å². The molecule has 1 heterocycles. The van der Waals surface area contributed by atoms with E-state index in [9.17, 15) is 19.1 Å². The Hall–Kier alpha value is -3.03. The van der Waals surface area contributed by atoms with Crippen LogP contribution in [-0.4, -0.2) is 40.6 Å². The van der Waals surface area contributed by atoms with Crippen molar-refractivity contribution in [1.29, 1.82) is 0 Å². The maximum Gasteiger partial charge on any atom is 0.325 e. The van der Waals surface area contributed by atoms with Gasteiger partial charge in [-0.25, -0.2) is 14.4 Å². The molecule has 0 radical (unpaired) electrons. The minimum Gasteiger partial charge on any atom is -0.492 e. The molecule has 2 rings (SSSR count). The van der Waals surface area contributed by atoms with Gasteiger partial charge in [-0.3, -0.25) is 9.59 Å². The van der Waals surface area contributed by atoms with Gasteiger partial charge in [0.25, 0.3) is 5.91 Å². The first-order valence-corrected chi connectivity index (χ1v) is 6.19. The average Bonchev–Trinajstić information content (AvgIpc) is 2.53. The topological polar surface area (TPSA) is 101 Å². The van der Waals surface area contributed by atoms with Crippen LogP contribution >= 0.6 is 0 Å². The molecule has 0 aliphatic carbocycles. The molecular formula is C14H12FN3O4. The lowest BCUT2D eigenvalue weighted by molar-refractivity contribution is -0.139. The fourth-order valence-electron chi connectivity index (χ4n) is 1.64. The van der Waals surface area contributed by atoms with Crippen LogP contribution in [0.4, 0.5) is 4.39 Å². The molecule has 1 amide bonds. The van der Waals surface area contributed by atoms with Gasteiger partial charge in [0.05, 0.1) is 19.0 Å². The highest BCUT2D eigenvalue weighted by Gasteiger charge is 2.18. The van der Waals surface area contributed by atoms with Gasteiger partial charge in [-0.05, 0) is 12.1 Å². The minimum atomic E-state index is -0.825. The normalized spacial score (nSPS) is 10.1. The number of aromatic hydroxyl groups is 1. The van der Waals surface area contributed by atoms with E-state index in [0.717, 1.165) is 6.20 Å². The van der Waals surface area contributed by atoms with E-state index in [1.165, 1.54) is 25.3 Å². The van der Waals surface area contributed by atoms with Crippen LogP contribution in [0.3, 0.4) is 0 Å². The second-order valence-corrected chi connectivity index (χ2v) is 4.17. The molecule has 7 nitrogen and oxygen atoms in total. The molecule has 22 heavy (non-hydrogen) atoms. The number of aromatic nitrogens is 2. The number of hydrogen-bond donors (Lipinski definition) is 2. The standard InChI is InChI=1S/C14H12FN3O4/c1-22-11(19)7-17-14(21)12-13(20)16-6-10(18-12)8-4-2-3-5-9(8)15/h2-6H,7H2,1H3,(H,16,20)(H,17,21). The van der Waals surface area contributed by atoms with Crippen molar-refractivity contribution in [1.82, 2.24) is 15.3 Å². The van der Waals surface area contributed by atoms with Crippen LogP contribution < -0.4 is 5.32 Å². The number of esters is 1. The predicted molar refractivity (Wildman–Crippen MR) is 73.4 cm³/mol. The van der Waals surface area contributed by atoms with Crippen molar-refractivity contribution < 1.29 is 23.8 Å². The maximum absolute atomic E-state index is 13.7. The molecule has 1 aromatic heterocycles. The van der Waals surface area contributed by atoms with Crippen molar-refractivity contribution in [3.05, 3.63) is 42.0 Å². The summed E-state index contributed by atoms with van der Waals surface area (Å²) in [5.41, 5.74) is -0.194. The van der Waals surface area contributed by atoms with E-state index < -0.39 is 29.3 Å². The van der Waals surface area contributed by atoms with E-state index in [4.69, 9.17) is 0 Å². The van der Waals surface area contributed by atoms with Crippen LogP contribution in [0.25, 0.3) is 11.3 Å². The quantitative estimate of drug-likeness (QED) is 0.814. The lowest BCUT2D eigenvalue weighted by Crippen LogP contribution is -2.31.